The zero-order valence-corrected chi connectivity index (χ0v) is 10.7. The van der Waals surface area contributed by atoms with Gasteiger partial charge in [0.2, 0.25) is 5.75 Å². The molecular formula is C13H19NO4. The molecule has 0 saturated carbocycles. The van der Waals surface area contributed by atoms with E-state index in [0.29, 0.717) is 24.1 Å². The molecule has 1 aliphatic rings. The van der Waals surface area contributed by atoms with Gasteiger partial charge in [-0.15, -0.1) is 0 Å². The minimum Gasteiger partial charge on any atom is -0.502 e. The molecule has 100 valence electrons. The van der Waals surface area contributed by atoms with Crippen LogP contribution in [0, 0.1) is 0 Å². The summed E-state index contributed by atoms with van der Waals surface area (Å²) in [5.74, 6) is 0.885. The lowest BCUT2D eigenvalue weighted by molar-refractivity contribution is 0.190. The Morgan fingerprint density at radius 3 is 2.50 bits per heavy atom. The summed E-state index contributed by atoms with van der Waals surface area (Å²) in [7, 11) is 3.05. The van der Waals surface area contributed by atoms with Gasteiger partial charge in [-0.05, 0) is 24.1 Å². The maximum absolute atomic E-state index is 9.80. The molecule has 0 radical (unpaired) electrons. The van der Waals surface area contributed by atoms with Crippen molar-refractivity contribution in [2.45, 2.75) is 19.0 Å². The highest BCUT2D eigenvalue weighted by Gasteiger charge is 2.16. The summed E-state index contributed by atoms with van der Waals surface area (Å²) in [6.07, 6.45) is 1.03. The molecule has 5 nitrogen and oxygen atoms in total. The van der Waals surface area contributed by atoms with Crippen molar-refractivity contribution in [1.29, 1.82) is 0 Å². The molecule has 5 heteroatoms. The van der Waals surface area contributed by atoms with Crippen LogP contribution >= 0.6 is 0 Å². The Kier molecular flexibility index (Phi) is 4.28. The normalized spacial score (nSPS) is 18.9. The summed E-state index contributed by atoms with van der Waals surface area (Å²) in [6.45, 7) is 2.27. The molecule has 0 amide bonds. The summed E-state index contributed by atoms with van der Waals surface area (Å²) in [6, 6.07) is 4.01. The topological polar surface area (TPSA) is 60.0 Å². The van der Waals surface area contributed by atoms with Gasteiger partial charge in [0.25, 0.3) is 0 Å². The SMILES string of the molecule is COc1cc(CNC2CCOC2)cc(OC)c1O. The van der Waals surface area contributed by atoms with Gasteiger partial charge in [0.05, 0.1) is 20.8 Å². The Hall–Kier alpha value is -1.46. The van der Waals surface area contributed by atoms with Crippen molar-refractivity contribution in [3.8, 4) is 17.2 Å². The molecule has 0 bridgehead atoms. The minimum atomic E-state index is 0.0351. The van der Waals surface area contributed by atoms with Crippen LogP contribution in [0.15, 0.2) is 12.1 Å². The molecule has 1 aromatic rings. The molecule has 0 aromatic heterocycles. The van der Waals surface area contributed by atoms with Crippen LogP contribution in [0.1, 0.15) is 12.0 Å². The second-order valence-corrected chi connectivity index (χ2v) is 4.29. The van der Waals surface area contributed by atoms with Gasteiger partial charge in [0.15, 0.2) is 11.5 Å². The Morgan fingerprint density at radius 1 is 1.33 bits per heavy atom. The number of benzene rings is 1. The number of ether oxygens (including phenoxy) is 3. The van der Waals surface area contributed by atoms with Crippen molar-refractivity contribution in [3.63, 3.8) is 0 Å². The average molecular weight is 253 g/mol. The molecule has 1 unspecified atom stereocenters. The fourth-order valence-corrected chi connectivity index (χ4v) is 2.01. The molecule has 1 saturated heterocycles. The summed E-state index contributed by atoms with van der Waals surface area (Å²) in [5.41, 5.74) is 1.01. The van der Waals surface area contributed by atoms with Gasteiger partial charge in [-0.2, -0.15) is 0 Å². The van der Waals surface area contributed by atoms with E-state index in [1.807, 2.05) is 0 Å². The van der Waals surface area contributed by atoms with E-state index in [-0.39, 0.29) is 5.75 Å². The maximum atomic E-state index is 9.80. The lowest BCUT2D eigenvalue weighted by Gasteiger charge is -2.14. The maximum Gasteiger partial charge on any atom is 0.200 e. The first-order valence-corrected chi connectivity index (χ1v) is 5.99. The highest BCUT2D eigenvalue weighted by molar-refractivity contribution is 5.52. The van der Waals surface area contributed by atoms with E-state index in [9.17, 15) is 5.11 Å². The Labute approximate surface area is 107 Å². The number of aromatic hydroxyl groups is 1. The lowest BCUT2D eigenvalue weighted by Crippen LogP contribution is -2.28. The highest BCUT2D eigenvalue weighted by Crippen LogP contribution is 2.37. The van der Waals surface area contributed by atoms with Crippen LogP contribution in [0.4, 0.5) is 0 Å². The number of rotatable bonds is 5. The lowest BCUT2D eigenvalue weighted by atomic mass is 10.1. The van der Waals surface area contributed by atoms with E-state index >= 15 is 0 Å². The molecule has 0 spiro atoms. The first-order chi connectivity index (χ1) is 8.74. The smallest absolute Gasteiger partial charge is 0.200 e. The van der Waals surface area contributed by atoms with E-state index in [4.69, 9.17) is 14.2 Å². The van der Waals surface area contributed by atoms with Crippen LogP contribution in [-0.2, 0) is 11.3 Å². The molecule has 1 atom stereocenters. The molecule has 2 rings (SSSR count). The van der Waals surface area contributed by atoms with Crippen LogP contribution in [0.3, 0.4) is 0 Å². The second-order valence-electron chi connectivity index (χ2n) is 4.29. The van der Waals surface area contributed by atoms with Crippen LogP contribution in [0.2, 0.25) is 0 Å². The third kappa shape index (κ3) is 2.86. The predicted molar refractivity (Wildman–Crippen MR) is 67.3 cm³/mol. The van der Waals surface area contributed by atoms with E-state index < -0.39 is 0 Å². The number of nitrogens with one attached hydrogen (secondary N) is 1. The van der Waals surface area contributed by atoms with Crippen LogP contribution in [0.25, 0.3) is 0 Å². The van der Waals surface area contributed by atoms with Gasteiger partial charge in [-0.25, -0.2) is 0 Å². The quantitative estimate of drug-likeness (QED) is 0.828. The fraction of sp³-hybridized carbons (Fsp3) is 0.538. The number of phenols is 1. The van der Waals surface area contributed by atoms with Gasteiger partial charge < -0.3 is 24.6 Å². The van der Waals surface area contributed by atoms with Crippen molar-refractivity contribution >= 4 is 0 Å². The predicted octanol–water partition coefficient (Wildman–Crippen LogP) is 1.29. The molecule has 1 aromatic carbocycles. The van der Waals surface area contributed by atoms with Crippen LogP contribution in [-0.4, -0.2) is 38.6 Å². The first-order valence-electron chi connectivity index (χ1n) is 5.99. The standard InChI is InChI=1S/C13H19NO4/c1-16-11-5-9(6-12(17-2)13(11)15)7-14-10-3-4-18-8-10/h5-6,10,14-15H,3-4,7-8H2,1-2H3. The summed E-state index contributed by atoms with van der Waals surface area (Å²) < 4.78 is 15.5. The number of methoxy groups -OCH3 is 2. The van der Waals surface area contributed by atoms with Crippen molar-refractivity contribution in [3.05, 3.63) is 17.7 Å². The van der Waals surface area contributed by atoms with E-state index in [1.165, 1.54) is 14.2 Å². The molecule has 1 fully saturated rings. The van der Waals surface area contributed by atoms with Crippen molar-refractivity contribution < 1.29 is 19.3 Å². The average Bonchev–Trinajstić information content (AvgIpc) is 2.90. The van der Waals surface area contributed by atoms with Crippen LogP contribution in [0.5, 0.6) is 17.2 Å². The number of hydrogen-bond donors (Lipinski definition) is 2. The monoisotopic (exact) mass is 253 g/mol. The summed E-state index contributed by atoms with van der Waals surface area (Å²) in [5, 5.41) is 13.2. The Bertz CT molecular complexity index is 377. The highest BCUT2D eigenvalue weighted by atomic mass is 16.5. The van der Waals surface area contributed by atoms with Gasteiger partial charge >= 0.3 is 0 Å². The van der Waals surface area contributed by atoms with E-state index in [1.54, 1.807) is 12.1 Å². The minimum absolute atomic E-state index is 0.0351. The Balaban J connectivity index is 2.07. The number of hydrogen-bond acceptors (Lipinski definition) is 5. The molecule has 18 heavy (non-hydrogen) atoms. The van der Waals surface area contributed by atoms with Gasteiger partial charge in [0.1, 0.15) is 0 Å². The Morgan fingerprint density at radius 2 is 2.00 bits per heavy atom. The first kappa shape index (κ1) is 13.0. The molecule has 1 heterocycles. The summed E-state index contributed by atoms with van der Waals surface area (Å²) >= 11 is 0. The zero-order chi connectivity index (χ0) is 13.0. The zero-order valence-electron chi connectivity index (χ0n) is 10.7. The van der Waals surface area contributed by atoms with E-state index in [0.717, 1.165) is 25.2 Å². The largest absolute Gasteiger partial charge is 0.502 e. The summed E-state index contributed by atoms with van der Waals surface area (Å²) in [4.78, 5) is 0. The van der Waals surface area contributed by atoms with Crippen molar-refractivity contribution in [2.75, 3.05) is 27.4 Å². The van der Waals surface area contributed by atoms with Gasteiger partial charge in [0, 0.05) is 19.2 Å². The van der Waals surface area contributed by atoms with E-state index in [2.05, 4.69) is 5.32 Å². The molecular weight excluding hydrogens is 234 g/mol. The van der Waals surface area contributed by atoms with Crippen molar-refractivity contribution in [1.82, 2.24) is 5.32 Å². The number of phenolic OH excluding ortho intramolecular Hbond substituents is 1. The second kappa shape index (κ2) is 5.93. The third-order valence-electron chi connectivity index (χ3n) is 3.06. The van der Waals surface area contributed by atoms with Gasteiger partial charge in [-0.3, -0.25) is 0 Å². The molecule has 1 aliphatic heterocycles. The third-order valence-corrected chi connectivity index (χ3v) is 3.06. The molecule has 2 N–H and O–H groups in total. The fourth-order valence-electron chi connectivity index (χ4n) is 2.01. The molecule has 0 aliphatic carbocycles. The van der Waals surface area contributed by atoms with Crippen molar-refractivity contribution in [2.24, 2.45) is 0 Å². The van der Waals surface area contributed by atoms with Crippen LogP contribution < -0.4 is 14.8 Å². The van der Waals surface area contributed by atoms with Gasteiger partial charge in [-0.1, -0.05) is 0 Å².